The lowest BCUT2D eigenvalue weighted by Crippen LogP contribution is -2.35. The summed E-state index contributed by atoms with van der Waals surface area (Å²) < 4.78 is 0. The van der Waals surface area contributed by atoms with E-state index in [9.17, 15) is 4.79 Å². The number of pyridine rings is 1. The average molecular weight is 291 g/mol. The van der Waals surface area contributed by atoms with Crippen LogP contribution in [0.1, 0.15) is 49.4 Å². The molecule has 1 aliphatic heterocycles. The van der Waals surface area contributed by atoms with E-state index in [-0.39, 0.29) is 18.6 Å². The Morgan fingerprint density at radius 2 is 2.43 bits per heavy atom. The van der Waals surface area contributed by atoms with Crippen molar-refractivity contribution < 1.29 is 9.90 Å². The van der Waals surface area contributed by atoms with E-state index in [0.29, 0.717) is 5.56 Å². The molecule has 21 heavy (non-hydrogen) atoms. The summed E-state index contributed by atoms with van der Waals surface area (Å²) in [5.74, 6) is 0.839. The van der Waals surface area contributed by atoms with Crippen molar-refractivity contribution in [2.24, 2.45) is 0 Å². The second-order valence-corrected chi connectivity index (χ2v) is 5.52. The maximum atomic E-state index is 12.7. The Kier molecular flexibility index (Phi) is 5.99. The van der Waals surface area contributed by atoms with Gasteiger partial charge in [0.2, 0.25) is 0 Å². The van der Waals surface area contributed by atoms with E-state index in [4.69, 9.17) is 5.11 Å². The van der Waals surface area contributed by atoms with Gasteiger partial charge in [-0.05, 0) is 44.2 Å². The smallest absolute Gasteiger partial charge is 0.254 e. The highest BCUT2D eigenvalue weighted by Crippen LogP contribution is 2.24. The molecule has 0 saturated carbocycles. The molecule has 1 saturated heterocycles. The van der Waals surface area contributed by atoms with Crippen molar-refractivity contribution >= 4 is 11.7 Å². The third kappa shape index (κ3) is 4.17. The summed E-state index contributed by atoms with van der Waals surface area (Å²) in [4.78, 5) is 18.8. The summed E-state index contributed by atoms with van der Waals surface area (Å²) in [7, 11) is 0. The van der Waals surface area contributed by atoms with Crippen molar-refractivity contribution in [3.63, 3.8) is 0 Å². The standard InChI is InChI=1S/C16H25N3O2/c1-2-8-17-15-12-13(7-9-18-15)16(21)19-10-3-5-14(19)6-4-11-20/h7,9,12,14,20H,2-6,8,10-11H2,1H3,(H,17,18). The quantitative estimate of drug-likeness (QED) is 0.809. The van der Waals surface area contributed by atoms with Crippen molar-refractivity contribution in [3.05, 3.63) is 23.9 Å². The van der Waals surface area contributed by atoms with Crippen molar-refractivity contribution in [2.45, 2.75) is 45.1 Å². The van der Waals surface area contributed by atoms with E-state index >= 15 is 0 Å². The maximum Gasteiger partial charge on any atom is 0.254 e. The van der Waals surface area contributed by atoms with Crippen LogP contribution in [0.2, 0.25) is 0 Å². The molecule has 1 unspecified atom stereocenters. The molecule has 1 aromatic heterocycles. The van der Waals surface area contributed by atoms with Crippen LogP contribution in [0, 0.1) is 0 Å². The van der Waals surface area contributed by atoms with Crippen LogP contribution in [0.3, 0.4) is 0 Å². The van der Waals surface area contributed by atoms with Crippen LogP contribution in [0.15, 0.2) is 18.3 Å². The molecule has 116 valence electrons. The van der Waals surface area contributed by atoms with Gasteiger partial charge in [0.1, 0.15) is 5.82 Å². The molecule has 5 heteroatoms. The zero-order chi connectivity index (χ0) is 15.1. The highest BCUT2D eigenvalue weighted by Gasteiger charge is 2.28. The van der Waals surface area contributed by atoms with Gasteiger partial charge in [0.15, 0.2) is 0 Å². The highest BCUT2D eigenvalue weighted by molar-refractivity contribution is 5.95. The molecule has 0 aromatic carbocycles. The Labute approximate surface area is 126 Å². The number of likely N-dealkylation sites (tertiary alicyclic amines) is 1. The zero-order valence-electron chi connectivity index (χ0n) is 12.7. The number of aliphatic hydroxyl groups excluding tert-OH is 1. The van der Waals surface area contributed by atoms with E-state index in [2.05, 4.69) is 17.2 Å². The Morgan fingerprint density at radius 1 is 1.57 bits per heavy atom. The summed E-state index contributed by atoms with van der Waals surface area (Å²) in [5.41, 5.74) is 0.694. The van der Waals surface area contributed by atoms with Gasteiger partial charge in [0, 0.05) is 37.5 Å². The Morgan fingerprint density at radius 3 is 3.19 bits per heavy atom. The molecule has 2 rings (SSSR count). The fourth-order valence-corrected chi connectivity index (χ4v) is 2.81. The Hall–Kier alpha value is -1.62. The second-order valence-electron chi connectivity index (χ2n) is 5.52. The molecule has 1 aliphatic rings. The second kappa shape index (κ2) is 7.98. The average Bonchev–Trinajstić information content (AvgIpc) is 2.98. The van der Waals surface area contributed by atoms with Gasteiger partial charge >= 0.3 is 0 Å². The largest absolute Gasteiger partial charge is 0.396 e. The minimum atomic E-state index is 0.0809. The SMILES string of the molecule is CCCNc1cc(C(=O)N2CCCC2CCCO)ccn1. The summed E-state index contributed by atoms with van der Waals surface area (Å²) >= 11 is 0. The van der Waals surface area contributed by atoms with Crippen LogP contribution in [0.4, 0.5) is 5.82 Å². The number of carbonyl (C=O) groups is 1. The predicted molar refractivity (Wildman–Crippen MR) is 83.4 cm³/mol. The number of aliphatic hydroxyl groups is 1. The van der Waals surface area contributed by atoms with Crippen molar-refractivity contribution in [1.82, 2.24) is 9.88 Å². The molecule has 0 aliphatic carbocycles. The normalized spacial score (nSPS) is 18.0. The molecule has 1 fully saturated rings. The molecule has 0 bridgehead atoms. The lowest BCUT2D eigenvalue weighted by molar-refractivity contribution is 0.0724. The molecule has 1 aromatic rings. The fraction of sp³-hybridized carbons (Fsp3) is 0.625. The number of carbonyl (C=O) groups excluding carboxylic acids is 1. The maximum absolute atomic E-state index is 12.7. The first-order chi connectivity index (χ1) is 10.3. The van der Waals surface area contributed by atoms with E-state index in [1.807, 2.05) is 11.0 Å². The summed E-state index contributed by atoms with van der Waals surface area (Å²) in [6, 6.07) is 3.88. The van der Waals surface area contributed by atoms with Crippen LogP contribution in [-0.4, -0.2) is 46.6 Å². The van der Waals surface area contributed by atoms with Gasteiger partial charge in [-0.15, -0.1) is 0 Å². The minimum absolute atomic E-state index is 0.0809. The Bertz CT molecular complexity index is 465. The topological polar surface area (TPSA) is 65.5 Å². The first-order valence-electron chi connectivity index (χ1n) is 7.88. The molecule has 2 N–H and O–H groups in total. The number of aromatic nitrogens is 1. The zero-order valence-corrected chi connectivity index (χ0v) is 12.7. The van der Waals surface area contributed by atoms with Gasteiger partial charge in [-0.2, -0.15) is 0 Å². The lowest BCUT2D eigenvalue weighted by atomic mass is 10.1. The van der Waals surface area contributed by atoms with Gasteiger partial charge in [-0.1, -0.05) is 6.92 Å². The summed E-state index contributed by atoms with van der Waals surface area (Å²) in [6.07, 6.45) is 6.44. The predicted octanol–water partition coefficient (Wildman–Crippen LogP) is 2.28. The van der Waals surface area contributed by atoms with Gasteiger partial charge in [0.25, 0.3) is 5.91 Å². The number of hydrogen-bond acceptors (Lipinski definition) is 4. The number of rotatable bonds is 7. The molecule has 5 nitrogen and oxygen atoms in total. The van der Waals surface area contributed by atoms with Crippen LogP contribution in [0.25, 0.3) is 0 Å². The molecule has 0 spiro atoms. The molecular weight excluding hydrogens is 266 g/mol. The van der Waals surface area contributed by atoms with Crippen LogP contribution >= 0.6 is 0 Å². The number of nitrogens with one attached hydrogen (secondary N) is 1. The van der Waals surface area contributed by atoms with E-state index in [1.165, 1.54) is 0 Å². The molecule has 2 heterocycles. The van der Waals surface area contributed by atoms with E-state index in [0.717, 1.165) is 51.0 Å². The highest BCUT2D eigenvalue weighted by atomic mass is 16.3. The molecule has 0 radical (unpaired) electrons. The fourth-order valence-electron chi connectivity index (χ4n) is 2.81. The van der Waals surface area contributed by atoms with E-state index in [1.54, 1.807) is 12.3 Å². The summed E-state index contributed by atoms with van der Waals surface area (Å²) in [6.45, 7) is 3.96. The van der Waals surface area contributed by atoms with Crippen molar-refractivity contribution in [1.29, 1.82) is 0 Å². The Balaban J connectivity index is 2.04. The third-order valence-corrected chi connectivity index (χ3v) is 3.90. The van der Waals surface area contributed by atoms with Gasteiger partial charge in [-0.3, -0.25) is 4.79 Å². The monoisotopic (exact) mass is 291 g/mol. The third-order valence-electron chi connectivity index (χ3n) is 3.90. The first-order valence-corrected chi connectivity index (χ1v) is 7.88. The number of amides is 1. The van der Waals surface area contributed by atoms with Gasteiger partial charge in [0.05, 0.1) is 0 Å². The molecule has 1 atom stereocenters. The van der Waals surface area contributed by atoms with Gasteiger partial charge in [-0.25, -0.2) is 4.98 Å². The number of anilines is 1. The van der Waals surface area contributed by atoms with Crippen LogP contribution in [0.5, 0.6) is 0 Å². The van der Waals surface area contributed by atoms with Crippen molar-refractivity contribution in [3.8, 4) is 0 Å². The number of nitrogens with zero attached hydrogens (tertiary/aromatic N) is 2. The number of hydrogen-bond donors (Lipinski definition) is 2. The van der Waals surface area contributed by atoms with Gasteiger partial charge < -0.3 is 15.3 Å². The van der Waals surface area contributed by atoms with Crippen molar-refractivity contribution in [2.75, 3.05) is 25.0 Å². The van der Waals surface area contributed by atoms with Crippen LogP contribution < -0.4 is 5.32 Å². The molecule has 1 amide bonds. The lowest BCUT2D eigenvalue weighted by Gasteiger charge is -2.24. The summed E-state index contributed by atoms with van der Waals surface area (Å²) in [5, 5.41) is 12.2. The minimum Gasteiger partial charge on any atom is -0.396 e. The molecular formula is C16H25N3O2. The van der Waals surface area contributed by atoms with Crippen LogP contribution in [-0.2, 0) is 0 Å². The van der Waals surface area contributed by atoms with E-state index < -0.39 is 0 Å². The first kappa shape index (κ1) is 15.8.